The molecular formula is C14H24O7. The van der Waals surface area contributed by atoms with Gasteiger partial charge in [-0.05, 0) is 6.42 Å². The molecule has 0 aromatic heterocycles. The van der Waals surface area contributed by atoms with Crippen molar-refractivity contribution < 1.29 is 34.4 Å². The Balaban J connectivity index is 2.21. The first-order valence-corrected chi connectivity index (χ1v) is 7.40. The largest absolute Gasteiger partial charge is 0.464 e. The normalized spacial score (nSPS) is 26.5. The number of ether oxygens (including phenoxy) is 2. The minimum atomic E-state index is -1.79. The van der Waals surface area contributed by atoms with E-state index in [0.717, 1.165) is 25.7 Å². The second-order valence-corrected chi connectivity index (χ2v) is 5.22. The van der Waals surface area contributed by atoms with Gasteiger partial charge in [-0.15, -0.1) is 0 Å². The van der Waals surface area contributed by atoms with Gasteiger partial charge in [0.15, 0.2) is 18.3 Å². The van der Waals surface area contributed by atoms with Gasteiger partial charge in [-0.2, -0.15) is 0 Å². The number of carbonyl (C=O) groups excluding carboxylic acids is 2. The molecule has 0 amide bonds. The van der Waals surface area contributed by atoms with Gasteiger partial charge in [0.25, 0.3) is 0 Å². The van der Waals surface area contributed by atoms with E-state index in [-0.39, 0.29) is 6.61 Å². The topological polar surface area (TPSA) is 113 Å². The molecule has 1 aliphatic rings. The Morgan fingerprint density at radius 1 is 1.24 bits per heavy atom. The first kappa shape index (κ1) is 17.9. The molecule has 0 aromatic rings. The van der Waals surface area contributed by atoms with E-state index in [1.54, 1.807) is 0 Å². The Hall–Kier alpha value is -1.18. The summed E-state index contributed by atoms with van der Waals surface area (Å²) in [5.74, 6) is -2.02. The summed E-state index contributed by atoms with van der Waals surface area (Å²) >= 11 is 0. The molecule has 0 radical (unpaired) electrons. The quantitative estimate of drug-likeness (QED) is 0.402. The molecule has 0 aromatic carbocycles. The Bertz CT molecular complexity index is 344. The lowest BCUT2D eigenvalue weighted by Gasteiger charge is -2.18. The average molecular weight is 304 g/mol. The summed E-state index contributed by atoms with van der Waals surface area (Å²) in [6, 6.07) is 0. The minimum absolute atomic E-state index is 0.168. The predicted molar refractivity (Wildman–Crippen MR) is 72.2 cm³/mol. The van der Waals surface area contributed by atoms with Crippen LogP contribution < -0.4 is 0 Å². The molecule has 7 nitrogen and oxygen atoms in total. The first-order valence-electron chi connectivity index (χ1n) is 7.40. The fourth-order valence-corrected chi connectivity index (χ4v) is 2.12. The van der Waals surface area contributed by atoms with Gasteiger partial charge >= 0.3 is 11.9 Å². The summed E-state index contributed by atoms with van der Waals surface area (Å²) < 4.78 is 9.42. The molecule has 7 heteroatoms. The highest BCUT2D eigenvalue weighted by Gasteiger charge is 2.48. The fourth-order valence-electron chi connectivity index (χ4n) is 2.12. The molecule has 0 saturated carbocycles. The van der Waals surface area contributed by atoms with E-state index in [1.807, 2.05) is 0 Å². The van der Waals surface area contributed by atoms with Gasteiger partial charge < -0.3 is 24.8 Å². The Morgan fingerprint density at radius 3 is 2.43 bits per heavy atom. The predicted octanol–water partition coefficient (Wildman–Crippen LogP) is -0.102. The molecule has 122 valence electrons. The molecule has 1 unspecified atom stereocenters. The summed E-state index contributed by atoms with van der Waals surface area (Å²) in [7, 11) is 0. The van der Waals surface area contributed by atoms with E-state index >= 15 is 0 Å². The molecule has 3 N–H and O–H groups in total. The summed E-state index contributed by atoms with van der Waals surface area (Å²) in [4.78, 5) is 22.6. The maximum Gasteiger partial charge on any atom is 0.339 e. The van der Waals surface area contributed by atoms with Crippen molar-refractivity contribution in [1.29, 1.82) is 0 Å². The molecule has 21 heavy (non-hydrogen) atoms. The third-order valence-electron chi connectivity index (χ3n) is 3.45. The van der Waals surface area contributed by atoms with Crippen LogP contribution in [0.4, 0.5) is 0 Å². The number of aliphatic hydroxyl groups is 3. The monoisotopic (exact) mass is 304 g/mol. The van der Waals surface area contributed by atoms with Crippen LogP contribution in [0.2, 0.25) is 0 Å². The standard InChI is InChI=1S/C14H24O7/c1-2-3-4-5-6-7-8-20-13(18)11(17)12-9(15)10(16)14(19)21-12/h9-12,15-17H,2-8H2,1H3/t9-,10+,11?,12+/m1/s1. The van der Waals surface area contributed by atoms with Crippen LogP contribution in [0.3, 0.4) is 0 Å². The third kappa shape index (κ3) is 5.26. The van der Waals surface area contributed by atoms with E-state index in [1.165, 1.54) is 6.42 Å². The fraction of sp³-hybridized carbons (Fsp3) is 0.857. The van der Waals surface area contributed by atoms with Crippen molar-refractivity contribution in [2.75, 3.05) is 6.61 Å². The van der Waals surface area contributed by atoms with Crippen molar-refractivity contribution in [3.63, 3.8) is 0 Å². The third-order valence-corrected chi connectivity index (χ3v) is 3.45. The number of rotatable bonds is 9. The highest BCUT2D eigenvalue weighted by molar-refractivity contribution is 5.81. The van der Waals surface area contributed by atoms with Gasteiger partial charge in [-0.25, -0.2) is 9.59 Å². The van der Waals surface area contributed by atoms with Crippen molar-refractivity contribution >= 4 is 11.9 Å². The number of carbonyl (C=O) groups is 2. The number of esters is 2. The smallest absolute Gasteiger partial charge is 0.339 e. The van der Waals surface area contributed by atoms with E-state index in [4.69, 9.17) is 4.74 Å². The average Bonchev–Trinajstić information content (AvgIpc) is 2.73. The number of aliphatic hydroxyl groups excluding tert-OH is 3. The Morgan fingerprint density at radius 2 is 1.86 bits per heavy atom. The lowest BCUT2D eigenvalue weighted by molar-refractivity contribution is -0.167. The highest BCUT2D eigenvalue weighted by atomic mass is 16.6. The van der Waals surface area contributed by atoms with Crippen molar-refractivity contribution in [2.24, 2.45) is 0 Å². The van der Waals surface area contributed by atoms with Crippen molar-refractivity contribution in [3.05, 3.63) is 0 Å². The van der Waals surface area contributed by atoms with Crippen LogP contribution in [-0.2, 0) is 19.1 Å². The number of hydrogen-bond donors (Lipinski definition) is 3. The second kappa shape index (κ2) is 8.96. The van der Waals surface area contributed by atoms with Gasteiger partial charge in [0.05, 0.1) is 6.61 Å². The lowest BCUT2D eigenvalue weighted by atomic mass is 10.1. The van der Waals surface area contributed by atoms with Crippen LogP contribution in [0, 0.1) is 0 Å². The second-order valence-electron chi connectivity index (χ2n) is 5.22. The molecular weight excluding hydrogens is 280 g/mol. The van der Waals surface area contributed by atoms with Crippen LogP contribution in [0.1, 0.15) is 45.4 Å². The van der Waals surface area contributed by atoms with Crippen LogP contribution in [-0.4, -0.2) is 58.3 Å². The van der Waals surface area contributed by atoms with Crippen LogP contribution >= 0.6 is 0 Å². The highest BCUT2D eigenvalue weighted by Crippen LogP contribution is 2.19. The zero-order valence-corrected chi connectivity index (χ0v) is 12.2. The van der Waals surface area contributed by atoms with E-state index in [9.17, 15) is 24.9 Å². The SMILES string of the molecule is CCCCCCCCOC(=O)C(O)[C@H]1OC(=O)[C@@H](O)[C@H]1O. The van der Waals surface area contributed by atoms with Gasteiger partial charge in [0.2, 0.25) is 0 Å². The summed E-state index contributed by atoms with van der Waals surface area (Å²) in [6.45, 7) is 2.30. The molecule has 0 aliphatic carbocycles. The maximum atomic E-state index is 11.6. The molecule has 1 saturated heterocycles. The zero-order valence-electron chi connectivity index (χ0n) is 12.2. The first-order chi connectivity index (χ1) is 9.99. The van der Waals surface area contributed by atoms with E-state index in [2.05, 4.69) is 11.7 Å². The molecule has 1 aliphatic heterocycles. The Kier molecular flexibility index (Phi) is 7.63. The summed E-state index contributed by atoms with van der Waals surface area (Å²) in [5.41, 5.74) is 0. The Labute approximate surface area is 123 Å². The van der Waals surface area contributed by atoms with Crippen LogP contribution in [0.25, 0.3) is 0 Å². The molecule has 1 heterocycles. The van der Waals surface area contributed by atoms with Gasteiger partial charge in [-0.1, -0.05) is 39.0 Å². The number of unbranched alkanes of at least 4 members (excludes halogenated alkanes) is 5. The molecule has 1 fully saturated rings. The van der Waals surface area contributed by atoms with E-state index in [0.29, 0.717) is 6.42 Å². The maximum absolute atomic E-state index is 11.6. The van der Waals surface area contributed by atoms with Crippen molar-refractivity contribution in [1.82, 2.24) is 0 Å². The van der Waals surface area contributed by atoms with Crippen LogP contribution in [0.15, 0.2) is 0 Å². The van der Waals surface area contributed by atoms with Gasteiger partial charge in [-0.3, -0.25) is 0 Å². The summed E-state index contributed by atoms with van der Waals surface area (Å²) in [6.07, 6.45) is -0.452. The van der Waals surface area contributed by atoms with Crippen LogP contribution in [0.5, 0.6) is 0 Å². The molecule has 4 atom stereocenters. The molecule has 0 bridgehead atoms. The van der Waals surface area contributed by atoms with Gasteiger partial charge in [0.1, 0.15) is 6.10 Å². The minimum Gasteiger partial charge on any atom is -0.464 e. The van der Waals surface area contributed by atoms with Crippen molar-refractivity contribution in [2.45, 2.75) is 69.9 Å². The van der Waals surface area contributed by atoms with Gasteiger partial charge in [0, 0.05) is 0 Å². The lowest BCUT2D eigenvalue weighted by Crippen LogP contribution is -2.43. The van der Waals surface area contributed by atoms with Crippen molar-refractivity contribution in [3.8, 4) is 0 Å². The summed E-state index contributed by atoms with van der Waals surface area (Å²) in [5, 5.41) is 28.3. The zero-order chi connectivity index (χ0) is 15.8. The molecule has 0 spiro atoms. The number of cyclic esters (lactones) is 1. The molecule has 1 rings (SSSR count). The van der Waals surface area contributed by atoms with E-state index < -0.39 is 36.4 Å². The number of hydrogen-bond acceptors (Lipinski definition) is 7.